The number of benzene rings is 2. The van der Waals surface area contributed by atoms with Gasteiger partial charge < -0.3 is 15.4 Å². The molecule has 0 spiro atoms. The molecule has 1 heterocycles. The highest BCUT2D eigenvalue weighted by Crippen LogP contribution is 2.34. The molecule has 1 aliphatic heterocycles. The lowest BCUT2D eigenvalue weighted by Gasteiger charge is -2.33. The van der Waals surface area contributed by atoms with Crippen molar-refractivity contribution in [2.75, 3.05) is 22.6 Å². The molecular formula is C23H22ClN3O5. The van der Waals surface area contributed by atoms with E-state index in [9.17, 15) is 19.2 Å². The van der Waals surface area contributed by atoms with Gasteiger partial charge in [-0.15, -0.1) is 0 Å². The van der Waals surface area contributed by atoms with Crippen LogP contribution in [0.2, 0.25) is 5.02 Å². The Balaban J connectivity index is 1.90. The first-order valence-electron chi connectivity index (χ1n) is 9.77. The SMILES string of the molecule is COC(=O)C1=C(C)N(c2ccc(Cl)cc2)C(=O)CC1C(=O)Nc1ccc(NC(C)=O)cc1. The number of nitrogens with one attached hydrogen (secondary N) is 2. The van der Waals surface area contributed by atoms with E-state index in [1.54, 1.807) is 55.5 Å². The van der Waals surface area contributed by atoms with Crippen LogP contribution in [0.3, 0.4) is 0 Å². The summed E-state index contributed by atoms with van der Waals surface area (Å²) in [5.41, 5.74) is 1.99. The maximum Gasteiger partial charge on any atom is 0.336 e. The van der Waals surface area contributed by atoms with Crippen LogP contribution in [0.15, 0.2) is 59.8 Å². The number of nitrogens with zero attached hydrogens (tertiary/aromatic N) is 1. The van der Waals surface area contributed by atoms with Crippen molar-refractivity contribution in [3.63, 3.8) is 0 Å². The Morgan fingerprint density at radius 2 is 1.56 bits per heavy atom. The van der Waals surface area contributed by atoms with Gasteiger partial charge in [-0.1, -0.05) is 11.6 Å². The number of hydrogen-bond donors (Lipinski definition) is 2. The minimum absolute atomic E-state index is 0.106. The maximum absolute atomic E-state index is 13.0. The van der Waals surface area contributed by atoms with E-state index in [-0.39, 0.29) is 23.8 Å². The summed E-state index contributed by atoms with van der Waals surface area (Å²) in [7, 11) is 1.22. The molecule has 0 aromatic heterocycles. The Hall–Kier alpha value is -3.65. The number of anilines is 3. The zero-order valence-corrected chi connectivity index (χ0v) is 18.5. The van der Waals surface area contributed by atoms with Crippen molar-refractivity contribution in [3.8, 4) is 0 Å². The zero-order valence-electron chi connectivity index (χ0n) is 17.8. The Labute approximate surface area is 190 Å². The number of allylic oxidation sites excluding steroid dienone is 1. The molecule has 2 aromatic rings. The van der Waals surface area contributed by atoms with Crippen LogP contribution in [0.4, 0.5) is 17.1 Å². The van der Waals surface area contributed by atoms with Crippen LogP contribution in [-0.4, -0.2) is 30.8 Å². The van der Waals surface area contributed by atoms with Gasteiger partial charge in [0.1, 0.15) is 0 Å². The fourth-order valence-electron chi connectivity index (χ4n) is 3.55. The van der Waals surface area contributed by atoms with E-state index in [1.807, 2.05) is 0 Å². The third kappa shape index (κ3) is 4.97. The summed E-state index contributed by atoms with van der Waals surface area (Å²) in [6.45, 7) is 2.99. The summed E-state index contributed by atoms with van der Waals surface area (Å²) in [6, 6.07) is 13.1. The summed E-state index contributed by atoms with van der Waals surface area (Å²) in [4.78, 5) is 51.1. The summed E-state index contributed by atoms with van der Waals surface area (Å²) in [5.74, 6) is -2.76. The van der Waals surface area contributed by atoms with Gasteiger partial charge in [-0.3, -0.25) is 19.3 Å². The van der Waals surface area contributed by atoms with Crippen molar-refractivity contribution in [1.82, 2.24) is 0 Å². The number of rotatable bonds is 5. The second kappa shape index (κ2) is 9.65. The van der Waals surface area contributed by atoms with Crippen LogP contribution in [-0.2, 0) is 23.9 Å². The van der Waals surface area contributed by atoms with Gasteiger partial charge in [0.05, 0.1) is 18.6 Å². The monoisotopic (exact) mass is 455 g/mol. The van der Waals surface area contributed by atoms with Crippen LogP contribution in [0, 0.1) is 5.92 Å². The zero-order chi connectivity index (χ0) is 23.4. The predicted octanol–water partition coefficient (Wildman–Crippen LogP) is 3.74. The van der Waals surface area contributed by atoms with Gasteiger partial charge in [0.15, 0.2) is 0 Å². The molecule has 8 nitrogen and oxygen atoms in total. The number of esters is 1. The molecule has 9 heteroatoms. The van der Waals surface area contributed by atoms with Gasteiger partial charge >= 0.3 is 5.97 Å². The predicted molar refractivity (Wildman–Crippen MR) is 121 cm³/mol. The lowest BCUT2D eigenvalue weighted by atomic mass is 9.88. The van der Waals surface area contributed by atoms with E-state index >= 15 is 0 Å². The van der Waals surface area contributed by atoms with Crippen LogP contribution in [0.5, 0.6) is 0 Å². The summed E-state index contributed by atoms with van der Waals surface area (Å²) >= 11 is 5.94. The Bertz CT molecular complexity index is 1090. The molecule has 166 valence electrons. The van der Waals surface area contributed by atoms with E-state index in [0.29, 0.717) is 27.8 Å². The van der Waals surface area contributed by atoms with Crippen LogP contribution in [0.1, 0.15) is 20.3 Å². The average molecular weight is 456 g/mol. The van der Waals surface area contributed by atoms with Crippen molar-refractivity contribution >= 4 is 52.4 Å². The standard InChI is InChI=1S/C23H22ClN3O5/c1-13-21(23(31)32-3)19(12-20(29)27(13)18-10-4-15(24)5-11-18)22(30)26-17-8-6-16(7-9-17)25-14(2)28/h4-11,19H,12H2,1-3H3,(H,25,28)(H,26,30). The number of halogens is 1. The molecule has 32 heavy (non-hydrogen) atoms. The smallest absolute Gasteiger partial charge is 0.336 e. The van der Waals surface area contributed by atoms with Crippen LogP contribution >= 0.6 is 11.6 Å². The van der Waals surface area contributed by atoms with Gasteiger partial charge in [-0.05, 0) is 55.5 Å². The molecule has 0 radical (unpaired) electrons. The molecule has 3 rings (SSSR count). The minimum atomic E-state index is -1.02. The molecular weight excluding hydrogens is 434 g/mol. The Kier molecular flexibility index (Phi) is 6.95. The molecule has 0 bridgehead atoms. The summed E-state index contributed by atoms with van der Waals surface area (Å²) in [5, 5.41) is 5.87. The highest BCUT2D eigenvalue weighted by molar-refractivity contribution is 6.30. The molecule has 1 atom stereocenters. The van der Waals surface area contributed by atoms with Gasteiger partial charge in [0.25, 0.3) is 0 Å². The van der Waals surface area contributed by atoms with Crippen LogP contribution < -0.4 is 15.5 Å². The fraction of sp³-hybridized carbons (Fsp3) is 0.217. The minimum Gasteiger partial charge on any atom is -0.466 e. The third-order valence-corrected chi connectivity index (χ3v) is 5.23. The van der Waals surface area contributed by atoms with Crippen molar-refractivity contribution in [2.24, 2.45) is 5.92 Å². The molecule has 0 aliphatic carbocycles. The van der Waals surface area contributed by atoms with E-state index in [1.165, 1.54) is 18.9 Å². The second-order valence-electron chi connectivity index (χ2n) is 7.20. The third-order valence-electron chi connectivity index (χ3n) is 4.98. The highest BCUT2D eigenvalue weighted by Gasteiger charge is 2.40. The molecule has 2 N–H and O–H groups in total. The molecule has 2 aromatic carbocycles. The number of methoxy groups -OCH3 is 1. The first-order chi connectivity index (χ1) is 15.2. The first kappa shape index (κ1) is 23.0. The van der Waals surface area contributed by atoms with Gasteiger partial charge in [-0.25, -0.2) is 4.79 Å². The number of amides is 3. The summed E-state index contributed by atoms with van der Waals surface area (Å²) in [6.07, 6.45) is -0.208. The molecule has 1 aliphatic rings. The summed E-state index contributed by atoms with van der Waals surface area (Å²) < 4.78 is 4.91. The molecule has 1 unspecified atom stereocenters. The topological polar surface area (TPSA) is 105 Å². The lowest BCUT2D eigenvalue weighted by molar-refractivity contribution is -0.138. The highest BCUT2D eigenvalue weighted by atomic mass is 35.5. The van der Waals surface area contributed by atoms with Gasteiger partial charge in [0.2, 0.25) is 17.7 Å². The molecule has 0 saturated heterocycles. The van der Waals surface area contributed by atoms with E-state index < -0.39 is 17.8 Å². The molecule has 3 amide bonds. The van der Waals surface area contributed by atoms with Crippen molar-refractivity contribution in [2.45, 2.75) is 20.3 Å². The first-order valence-corrected chi connectivity index (χ1v) is 10.1. The normalized spacial score (nSPS) is 15.9. The lowest BCUT2D eigenvalue weighted by Crippen LogP contribution is -2.43. The number of carbonyl (C=O) groups excluding carboxylic acids is 4. The quantitative estimate of drug-likeness (QED) is 0.668. The van der Waals surface area contributed by atoms with Crippen LogP contribution in [0.25, 0.3) is 0 Å². The van der Waals surface area contributed by atoms with E-state index in [2.05, 4.69) is 10.6 Å². The Morgan fingerprint density at radius 1 is 1.00 bits per heavy atom. The van der Waals surface area contributed by atoms with E-state index in [4.69, 9.17) is 16.3 Å². The second-order valence-corrected chi connectivity index (χ2v) is 7.64. The maximum atomic E-state index is 13.0. The number of hydrogen-bond acceptors (Lipinski definition) is 5. The van der Waals surface area contributed by atoms with Gasteiger partial charge in [-0.2, -0.15) is 0 Å². The molecule has 0 saturated carbocycles. The largest absolute Gasteiger partial charge is 0.466 e. The number of ether oxygens (including phenoxy) is 1. The van der Waals surface area contributed by atoms with Crippen molar-refractivity contribution in [3.05, 3.63) is 64.8 Å². The fourth-order valence-corrected chi connectivity index (χ4v) is 3.67. The van der Waals surface area contributed by atoms with E-state index in [0.717, 1.165) is 0 Å². The Morgan fingerprint density at radius 3 is 2.09 bits per heavy atom. The van der Waals surface area contributed by atoms with Gasteiger partial charge in [0, 0.05) is 41.1 Å². The van der Waals surface area contributed by atoms with Crippen molar-refractivity contribution < 1.29 is 23.9 Å². The number of carbonyl (C=O) groups is 4. The van der Waals surface area contributed by atoms with Crippen molar-refractivity contribution in [1.29, 1.82) is 0 Å². The average Bonchev–Trinajstić information content (AvgIpc) is 2.75. The molecule has 0 fully saturated rings.